The van der Waals surface area contributed by atoms with E-state index in [-0.39, 0.29) is 12.1 Å². The van der Waals surface area contributed by atoms with Gasteiger partial charge in [0.25, 0.3) is 0 Å². The predicted octanol–water partition coefficient (Wildman–Crippen LogP) is 3.24. The van der Waals surface area contributed by atoms with Crippen LogP contribution in [0.2, 0.25) is 5.02 Å². The van der Waals surface area contributed by atoms with Crippen molar-refractivity contribution in [3.63, 3.8) is 0 Å². The summed E-state index contributed by atoms with van der Waals surface area (Å²) in [6.07, 6.45) is 4.29. The van der Waals surface area contributed by atoms with E-state index in [0.717, 1.165) is 34.9 Å². The number of hydrogen-bond acceptors (Lipinski definition) is 3. The van der Waals surface area contributed by atoms with Gasteiger partial charge in [-0.3, -0.25) is 0 Å². The zero-order valence-corrected chi connectivity index (χ0v) is 10.9. The minimum atomic E-state index is 0.0503. The molecule has 0 saturated heterocycles. The van der Waals surface area contributed by atoms with Gasteiger partial charge in [-0.2, -0.15) is 11.8 Å². The van der Waals surface area contributed by atoms with Crippen LogP contribution in [-0.2, 0) is 0 Å². The third-order valence-electron chi connectivity index (χ3n) is 2.83. The number of nitrogens with two attached hydrogens (primary N) is 1. The Hall–Kier alpha value is -0.380. The summed E-state index contributed by atoms with van der Waals surface area (Å²) in [5.74, 6) is 2.01. The summed E-state index contributed by atoms with van der Waals surface area (Å²) in [7, 11) is 0. The van der Waals surface area contributed by atoms with Crippen LogP contribution in [0.3, 0.4) is 0 Å². The van der Waals surface area contributed by atoms with Gasteiger partial charge in [-0.15, -0.1) is 0 Å². The van der Waals surface area contributed by atoms with Gasteiger partial charge in [0.15, 0.2) is 0 Å². The first-order chi connectivity index (χ1) is 7.70. The Labute approximate surface area is 105 Å². The lowest BCUT2D eigenvalue weighted by atomic mass is 9.96. The molecule has 0 aliphatic carbocycles. The number of ether oxygens (including phenoxy) is 1. The molecule has 16 heavy (non-hydrogen) atoms. The van der Waals surface area contributed by atoms with E-state index in [0.29, 0.717) is 0 Å². The minimum absolute atomic E-state index is 0.0503. The molecule has 2 atom stereocenters. The third kappa shape index (κ3) is 2.65. The van der Waals surface area contributed by atoms with Crippen molar-refractivity contribution in [1.82, 2.24) is 0 Å². The molecule has 2 nitrogen and oxygen atoms in total. The van der Waals surface area contributed by atoms with Crippen LogP contribution in [0, 0.1) is 0 Å². The molecule has 0 bridgehead atoms. The van der Waals surface area contributed by atoms with Gasteiger partial charge < -0.3 is 10.5 Å². The van der Waals surface area contributed by atoms with Gasteiger partial charge >= 0.3 is 0 Å². The Morgan fingerprint density at radius 3 is 3.12 bits per heavy atom. The highest BCUT2D eigenvalue weighted by Crippen LogP contribution is 2.36. The average Bonchev–Trinajstić information content (AvgIpc) is 2.27. The summed E-state index contributed by atoms with van der Waals surface area (Å²) >= 11 is 7.79. The fourth-order valence-corrected chi connectivity index (χ4v) is 2.66. The second kappa shape index (κ2) is 5.30. The molecule has 2 unspecified atom stereocenters. The van der Waals surface area contributed by atoms with Gasteiger partial charge in [-0.1, -0.05) is 11.6 Å². The van der Waals surface area contributed by atoms with Crippen LogP contribution in [0.15, 0.2) is 18.2 Å². The maximum absolute atomic E-state index is 6.13. The molecule has 1 aliphatic heterocycles. The Morgan fingerprint density at radius 1 is 1.56 bits per heavy atom. The Morgan fingerprint density at radius 2 is 2.38 bits per heavy atom. The molecule has 1 aromatic carbocycles. The quantitative estimate of drug-likeness (QED) is 0.903. The predicted molar refractivity (Wildman–Crippen MR) is 70.4 cm³/mol. The number of hydrogen-bond donors (Lipinski definition) is 1. The molecule has 0 aromatic heterocycles. The average molecular weight is 258 g/mol. The third-order valence-corrected chi connectivity index (χ3v) is 3.70. The van der Waals surface area contributed by atoms with Crippen molar-refractivity contribution in [2.75, 3.05) is 12.0 Å². The molecule has 0 saturated carbocycles. The summed E-state index contributed by atoms with van der Waals surface area (Å²) in [6.45, 7) is 0. The number of fused-ring (bicyclic) bond motifs is 1. The van der Waals surface area contributed by atoms with E-state index >= 15 is 0 Å². The first-order valence-corrected chi connectivity index (χ1v) is 7.18. The van der Waals surface area contributed by atoms with Gasteiger partial charge in [0.05, 0.1) is 0 Å². The van der Waals surface area contributed by atoms with Crippen LogP contribution >= 0.6 is 23.4 Å². The fourth-order valence-electron chi connectivity index (χ4n) is 1.98. The molecule has 1 aliphatic rings. The molecule has 0 spiro atoms. The number of thioether (sulfide) groups is 1. The molecule has 1 aromatic rings. The monoisotopic (exact) mass is 257 g/mol. The topological polar surface area (TPSA) is 35.2 Å². The van der Waals surface area contributed by atoms with E-state index in [4.69, 9.17) is 22.1 Å². The van der Waals surface area contributed by atoms with E-state index in [9.17, 15) is 0 Å². The summed E-state index contributed by atoms with van der Waals surface area (Å²) in [4.78, 5) is 0. The molecule has 1 heterocycles. The number of halogens is 1. The van der Waals surface area contributed by atoms with Gasteiger partial charge in [0.2, 0.25) is 0 Å². The zero-order chi connectivity index (χ0) is 11.5. The van der Waals surface area contributed by atoms with Gasteiger partial charge in [-0.05, 0) is 36.6 Å². The number of rotatable bonds is 3. The lowest BCUT2D eigenvalue weighted by Crippen LogP contribution is -2.29. The maximum atomic E-state index is 6.13. The molecule has 2 rings (SSSR count). The van der Waals surface area contributed by atoms with Gasteiger partial charge in [0.1, 0.15) is 11.9 Å². The van der Waals surface area contributed by atoms with Gasteiger partial charge in [0, 0.05) is 23.0 Å². The Kier molecular flexibility index (Phi) is 4.00. The molecule has 4 heteroatoms. The lowest BCUT2D eigenvalue weighted by Gasteiger charge is -2.30. The highest BCUT2D eigenvalue weighted by molar-refractivity contribution is 7.98. The fraction of sp³-hybridized carbons (Fsp3) is 0.500. The number of benzene rings is 1. The molecule has 0 fully saturated rings. The van der Waals surface area contributed by atoms with Crippen LogP contribution in [0.1, 0.15) is 24.4 Å². The SMILES string of the molecule is CSCCC1CC(N)c2cc(Cl)ccc2O1. The van der Waals surface area contributed by atoms with Crippen LogP contribution in [0.5, 0.6) is 5.75 Å². The van der Waals surface area contributed by atoms with Crippen molar-refractivity contribution < 1.29 is 4.74 Å². The van der Waals surface area contributed by atoms with Crippen molar-refractivity contribution in [1.29, 1.82) is 0 Å². The van der Waals surface area contributed by atoms with Crippen LogP contribution in [0.4, 0.5) is 0 Å². The smallest absolute Gasteiger partial charge is 0.124 e. The van der Waals surface area contributed by atoms with E-state index < -0.39 is 0 Å². The zero-order valence-electron chi connectivity index (χ0n) is 9.28. The van der Waals surface area contributed by atoms with E-state index in [2.05, 4.69) is 6.26 Å². The second-order valence-corrected chi connectivity index (χ2v) is 5.47. The van der Waals surface area contributed by atoms with E-state index in [1.807, 2.05) is 30.0 Å². The summed E-state index contributed by atoms with van der Waals surface area (Å²) in [5.41, 5.74) is 7.17. The van der Waals surface area contributed by atoms with Crippen LogP contribution < -0.4 is 10.5 Å². The van der Waals surface area contributed by atoms with Crippen molar-refractivity contribution in [2.45, 2.75) is 25.0 Å². The van der Waals surface area contributed by atoms with Gasteiger partial charge in [-0.25, -0.2) is 0 Å². The molecular formula is C12H16ClNOS. The molecule has 0 radical (unpaired) electrons. The highest BCUT2D eigenvalue weighted by Gasteiger charge is 2.25. The van der Waals surface area contributed by atoms with Crippen LogP contribution in [-0.4, -0.2) is 18.1 Å². The van der Waals surface area contributed by atoms with Crippen molar-refractivity contribution in [3.8, 4) is 5.75 Å². The summed E-state index contributed by atoms with van der Waals surface area (Å²) in [6, 6.07) is 5.73. The summed E-state index contributed by atoms with van der Waals surface area (Å²) in [5, 5.41) is 0.723. The highest BCUT2D eigenvalue weighted by atomic mass is 35.5. The second-order valence-electron chi connectivity index (χ2n) is 4.05. The lowest BCUT2D eigenvalue weighted by molar-refractivity contribution is 0.156. The van der Waals surface area contributed by atoms with E-state index in [1.54, 1.807) is 0 Å². The Balaban J connectivity index is 2.13. The van der Waals surface area contributed by atoms with E-state index in [1.165, 1.54) is 0 Å². The summed E-state index contributed by atoms with van der Waals surface area (Å²) < 4.78 is 5.91. The molecule has 2 N–H and O–H groups in total. The normalized spacial score (nSPS) is 23.7. The first-order valence-electron chi connectivity index (χ1n) is 5.41. The van der Waals surface area contributed by atoms with Crippen molar-refractivity contribution >= 4 is 23.4 Å². The first kappa shape index (κ1) is 12.1. The largest absolute Gasteiger partial charge is 0.490 e. The Bertz CT molecular complexity index is 372. The molecule has 0 amide bonds. The minimum Gasteiger partial charge on any atom is -0.490 e. The maximum Gasteiger partial charge on any atom is 0.124 e. The van der Waals surface area contributed by atoms with Crippen molar-refractivity contribution in [3.05, 3.63) is 28.8 Å². The van der Waals surface area contributed by atoms with Crippen molar-refractivity contribution in [2.24, 2.45) is 5.73 Å². The molecule has 88 valence electrons. The molecular weight excluding hydrogens is 242 g/mol. The van der Waals surface area contributed by atoms with Crippen LogP contribution in [0.25, 0.3) is 0 Å². The standard InChI is InChI=1S/C12H16ClNOS/c1-16-5-4-9-7-11(14)10-6-8(13)2-3-12(10)15-9/h2-3,6,9,11H,4-5,7,14H2,1H3.